The summed E-state index contributed by atoms with van der Waals surface area (Å²) in [7, 11) is 0. The van der Waals surface area contributed by atoms with Gasteiger partial charge in [0.05, 0.1) is 0 Å². The van der Waals surface area contributed by atoms with Crippen LogP contribution in [0.1, 0.15) is 19.4 Å². The van der Waals surface area contributed by atoms with Gasteiger partial charge in [0, 0.05) is 28.5 Å². The van der Waals surface area contributed by atoms with E-state index in [2.05, 4.69) is 5.32 Å². The van der Waals surface area contributed by atoms with Crippen LogP contribution in [0, 0.1) is 5.92 Å². The number of nitrogens with two attached hydrogens (primary N) is 1. The highest BCUT2D eigenvalue weighted by atomic mass is 35.5. The van der Waals surface area contributed by atoms with Crippen molar-refractivity contribution >= 4 is 29.1 Å². The normalized spacial score (nSPS) is 14.1. The number of rotatable bonds is 5. The Labute approximate surface area is 118 Å². The third-order valence-electron chi connectivity index (χ3n) is 2.84. The molecule has 0 aromatic heterocycles. The molecule has 2 atom stereocenters. The Morgan fingerprint density at radius 3 is 2.33 bits per heavy atom. The second-order valence-electron chi connectivity index (χ2n) is 4.47. The van der Waals surface area contributed by atoms with Crippen LogP contribution in [0.15, 0.2) is 18.2 Å². The van der Waals surface area contributed by atoms with E-state index in [0.717, 1.165) is 5.56 Å². The molecule has 18 heavy (non-hydrogen) atoms. The number of nitrogens with one attached hydrogen (secondary N) is 1. The predicted molar refractivity (Wildman–Crippen MR) is 76.0 cm³/mol. The summed E-state index contributed by atoms with van der Waals surface area (Å²) < 4.78 is 0. The molecule has 0 spiro atoms. The topological polar surface area (TPSA) is 55.1 Å². The van der Waals surface area contributed by atoms with Crippen molar-refractivity contribution in [3.8, 4) is 0 Å². The standard InChI is InChI=1S/C13H18Cl2N2O/c1-8(9(2)16)13(18)17-4-3-10-5-11(14)7-12(15)6-10/h5-9H,3-4,16H2,1-2H3,(H,17,18). The average molecular weight is 289 g/mol. The molecule has 0 fully saturated rings. The molecule has 0 heterocycles. The molecular formula is C13H18Cl2N2O. The van der Waals surface area contributed by atoms with Crippen LogP contribution in [0.5, 0.6) is 0 Å². The Balaban J connectivity index is 2.44. The summed E-state index contributed by atoms with van der Waals surface area (Å²) in [6.45, 7) is 4.18. The minimum Gasteiger partial charge on any atom is -0.355 e. The maximum Gasteiger partial charge on any atom is 0.224 e. The monoisotopic (exact) mass is 288 g/mol. The molecule has 3 nitrogen and oxygen atoms in total. The van der Waals surface area contributed by atoms with Crippen molar-refractivity contribution in [1.29, 1.82) is 0 Å². The molecule has 3 N–H and O–H groups in total. The molecule has 0 aliphatic carbocycles. The van der Waals surface area contributed by atoms with Crippen LogP contribution in [-0.4, -0.2) is 18.5 Å². The number of halogens is 2. The van der Waals surface area contributed by atoms with Crippen LogP contribution in [-0.2, 0) is 11.2 Å². The molecule has 0 saturated carbocycles. The summed E-state index contributed by atoms with van der Waals surface area (Å²) in [5.41, 5.74) is 6.66. The van der Waals surface area contributed by atoms with Crippen molar-refractivity contribution in [2.75, 3.05) is 6.54 Å². The molecule has 100 valence electrons. The quantitative estimate of drug-likeness (QED) is 0.875. The van der Waals surface area contributed by atoms with E-state index in [1.807, 2.05) is 26.0 Å². The fourth-order valence-electron chi connectivity index (χ4n) is 1.49. The Kier molecular flexibility index (Phi) is 5.93. The molecule has 0 saturated heterocycles. The lowest BCUT2D eigenvalue weighted by Crippen LogP contribution is -2.39. The molecule has 0 aliphatic rings. The first kappa shape index (κ1) is 15.3. The number of hydrogen-bond acceptors (Lipinski definition) is 2. The van der Waals surface area contributed by atoms with E-state index >= 15 is 0 Å². The largest absolute Gasteiger partial charge is 0.355 e. The van der Waals surface area contributed by atoms with Crippen molar-refractivity contribution < 1.29 is 4.79 Å². The van der Waals surface area contributed by atoms with Crippen molar-refractivity contribution in [2.45, 2.75) is 26.3 Å². The number of carbonyl (C=O) groups excluding carboxylic acids is 1. The van der Waals surface area contributed by atoms with Gasteiger partial charge in [0.25, 0.3) is 0 Å². The van der Waals surface area contributed by atoms with Crippen LogP contribution >= 0.6 is 23.2 Å². The van der Waals surface area contributed by atoms with Crippen molar-refractivity contribution in [3.05, 3.63) is 33.8 Å². The fraction of sp³-hybridized carbons (Fsp3) is 0.462. The van der Waals surface area contributed by atoms with Crippen molar-refractivity contribution in [1.82, 2.24) is 5.32 Å². The fourth-order valence-corrected chi connectivity index (χ4v) is 2.06. The van der Waals surface area contributed by atoms with Crippen molar-refractivity contribution in [2.24, 2.45) is 11.7 Å². The minimum absolute atomic E-state index is 0.0295. The molecule has 0 bridgehead atoms. The van der Waals surface area contributed by atoms with Gasteiger partial charge in [-0.05, 0) is 37.1 Å². The van der Waals surface area contributed by atoms with Crippen LogP contribution in [0.3, 0.4) is 0 Å². The smallest absolute Gasteiger partial charge is 0.224 e. The van der Waals surface area contributed by atoms with Crippen LogP contribution in [0.25, 0.3) is 0 Å². The van der Waals surface area contributed by atoms with E-state index < -0.39 is 0 Å². The second-order valence-corrected chi connectivity index (χ2v) is 5.34. The Hall–Kier alpha value is -0.770. The average Bonchev–Trinajstić information content (AvgIpc) is 2.26. The van der Waals surface area contributed by atoms with E-state index in [9.17, 15) is 4.79 Å². The highest BCUT2D eigenvalue weighted by molar-refractivity contribution is 6.34. The molecule has 1 aromatic rings. The highest BCUT2D eigenvalue weighted by Crippen LogP contribution is 2.19. The second kappa shape index (κ2) is 6.98. The molecule has 0 radical (unpaired) electrons. The van der Waals surface area contributed by atoms with Crippen LogP contribution < -0.4 is 11.1 Å². The molecule has 5 heteroatoms. The van der Waals surface area contributed by atoms with E-state index in [0.29, 0.717) is 23.0 Å². The van der Waals surface area contributed by atoms with E-state index in [1.54, 1.807) is 6.07 Å². The summed E-state index contributed by atoms with van der Waals surface area (Å²) in [6.07, 6.45) is 0.692. The van der Waals surface area contributed by atoms with Gasteiger partial charge in [0.1, 0.15) is 0 Å². The zero-order valence-electron chi connectivity index (χ0n) is 10.5. The summed E-state index contributed by atoms with van der Waals surface area (Å²) in [5.74, 6) is -0.217. The Morgan fingerprint density at radius 2 is 1.83 bits per heavy atom. The molecule has 1 rings (SSSR count). The predicted octanol–water partition coefficient (Wildman–Crippen LogP) is 2.64. The first-order valence-corrected chi connectivity index (χ1v) is 6.64. The number of hydrogen-bond donors (Lipinski definition) is 2. The summed E-state index contributed by atoms with van der Waals surface area (Å²) in [5, 5.41) is 4.05. The van der Waals surface area contributed by atoms with Gasteiger partial charge < -0.3 is 11.1 Å². The molecule has 1 amide bonds. The SMILES string of the molecule is CC(N)C(C)C(=O)NCCc1cc(Cl)cc(Cl)c1. The van der Waals surface area contributed by atoms with E-state index in [1.165, 1.54) is 0 Å². The molecule has 1 aromatic carbocycles. The maximum atomic E-state index is 11.7. The van der Waals surface area contributed by atoms with E-state index in [4.69, 9.17) is 28.9 Å². The first-order valence-electron chi connectivity index (χ1n) is 5.88. The van der Waals surface area contributed by atoms with Gasteiger partial charge in [0.15, 0.2) is 0 Å². The van der Waals surface area contributed by atoms with Gasteiger partial charge in [-0.15, -0.1) is 0 Å². The van der Waals surface area contributed by atoms with Crippen LogP contribution in [0.2, 0.25) is 10.0 Å². The van der Waals surface area contributed by atoms with Crippen LogP contribution in [0.4, 0.5) is 0 Å². The van der Waals surface area contributed by atoms with E-state index in [-0.39, 0.29) is 17.9 Å². The molecule has 0 aliphatic heterocycles. The van der Waals surface area contributed by atoms with Gasteiger partial charge in [-0.2, -0.15) is 0 Å². The summed E-state index contributed by atoms with van der Waals surface area (Å²) >= 11 is 11.8. The number of benzene rings is 1. The maximum absolute atomic E-state index is 11.7. The highest BCUT2D eigenvalue weighted by Gasteiger charge is 2.16. The zero-order chi connectivity index (χ0) is 13.7. The zero-order valence-corrected chi connectivity index (χ0v) is 12.1. The van der Waals surface area contributed by atoms with Gasteiger partial charge in [-0.1, -0.05) is 30.1 Å². The van der Waals surface area contributed by atoms with Gasteiger partial charge in [-0.3, -0.25) is 4.79 Å². The lowest BCUT2D eigenvalue weighted by Gasteiger charge is -2.15. The minimum atomic E-state index is -0.187. The Morgan fingerprint density at radius 1 is 1.28 bits per heavy atom. The Bertz CT molecular complexity index is 401. The number of carbonyl (C=O) groups is 1. The molecule has 2 unspecified atom stereocenters. The third kappa shape index (κ3) is 4.84. The first-order chi connectivity index (χ1) is 8.40. The lowest BCUT2D eigenvalue weighted by atomic mass is 10.0. The summed E-state index contributed by atoms with van der Waals surface area (Å²) in [4.78, 5) is 11.7. The van der Waals surface area contributed by atoms with Crippen molar-refractivity contribution in [3.63, 3.8) is 0 Å². The third-order valence-corrected chi connectivity index (χ3v) is 3.27. The number of amides is 1. The lowest BCUT2D eigenvalue weighted by molar-refractivity contribution is -0.124. The molecular weight excluding hydrogens is 271 g/mol. The van der Waals surface area contributed by atoms with Gasteiger partial charge in [0.2, 0.25) is 5.91 Å². The van der Waals surface area contributed by atoms with Gasteiger partial charge in [-0.25, -0.2) is 0 Å². The summed E-state index contributed by atoms with van der Waals surface area (Å²) in [6, 6.07) is 5.22. The van der Waals surface area contributed by atoms with Gasteiger partial charge >= 0.3 is 0 Å².